The number of hydrogen-bond donors (Lipinski definition) is 7. The number of aromatic nitrogens is 12. The van der Waals surface area contributed by atoms with Gasteiger partial charge in [-0.1, -0.05) is 121 Å². The third-order valence-corrected chi connectivity index (χ3v) is 14.4. The lowest BCUT2D eigenvalue weighted by molar-refractivity contribution is 0.0698. The first kappa shape index (κ1) is 62.4. The van der Waals surface area contributed by atoms with Crippen molar-refractivity contribution in [1.29, 1.82) is 0 Å². The van der Waals surface area contributed by atoms with Crippen molar-refractivity contribution in [2.45, 2.75) is 26.2 Å². The van der Waals surface area contributed by atoms with Gasteiger partial charge in [0.15, 0.2) is 16.9 Å². The summed E-state index contributed by atoms with van der Waals surface area (Å²) in [5, 5.41) is 32.2. The molecule has 0 unspecified atom stereocenters. The van der Waals surface area contributed by atoms with E-state index in [0.717, 1.165) is 28.1 Å². The molecule has 0 saturated carbocycles. The number of carboxylic acid groups (broad SMARTS) is 1. The van der Waals surface area contributed by atoms with Crippen molar-refractivity contribution >= 4 is 86.7 Å². The Morgan fingerprint density at radius 2 is 0.745 bits per heavy atom. The molecule has 0 fully saturated rings. The quantitative estimate of drug-likeness (QED) is 0.0332. The van der Waals surface area contributed by atoms with Crippen LogP contribution in [0, 0.1) is 0 Å². The zero-order valence-electron chi connectivity index (χ0n) is 50.9. The van der Waals surface area contributed by atoms with E-state index in [1.165, 1.54) is 37.3 Å². The third kappa shape index (κ3) is 14.6. The second kappa shape index (κ2) is 29.0. The van der Waals surface area contributed by atoms with Crippen LogP contribution in [-0.4, -0.2) is 103 Å². The average Bonchev–Trinajstić information content (AvgIpc) is 1.60. The van der Waals surface area contributed by atoms with E-state index in [1.54, 1.807) is 65.1 Å². The highest BCUT2D eigenvalue weighted by molar-refractivity contribution is 6.00. The zero-order valence-corrected chi connectivity index (χ0v) is 50.9. The van der Waals surface area contributed by atoms with Gasteiger partial charge in [0.1, 0.15) is 68.7 Å². The Kier molecular flexibility index (Phi) is 19.2. The predicted octanol–water partition coefficient (Wildman–Crippen LogP) is 9.52. The first-order chi connectivity index (χ1) is 45.8. The van der Waals surface area contributed by atoms with Gasteiger partial charge in [0.2, 0.25) is 17.6 Å². The third-order valence-electron chi connectivity index (χ3n) is 14.4. The van der Waals surface area contributed by atoms with E-state index >= 15 is 0 Å². The summed E-state index contributed by atoms with van der Waals surface area (Å²) >= 11 is 0. The summed E-state index contributed by atoms with van der Waals surface area (Å²) in [7, 11) is 4.61. The number of fused-ring (bicyclic) bond motifs is 3. The number of aromatic carboxylic acids is 1. The summed E-state index contributed by atoms with van der Waals surface area (Å²) in [5.74, 6) is 2.00. The van der Waals surface area contributed by atoms with Crippen LogP contribution in [0.4, 0.5) is 52.0 Å². The number of hydrogen-bond acceptors (Lipinski definition) is 21. The molecule has 13 aromatic rings. The fourth-order valence-electron chi connectivity index (χ4n) is 10.0. The fourth-order valence-corrected chi connectivity index (χ4v) is 10.0. The number of rotatable bonds is 22. The second-order valence-corrected chi connectivity index (χ2v) is 20.7. The molecule has 0 aliphatic carbocycles. The highest BCUT2D eigenvalue weighted by Gasteiger charge is 2.24. The molecular weight excluding hydrogens is 1200 g/mol. The SMILES string of the molecule is COc1ncccc1Nc1cc(N(Cc2ccccc2)Cc2ccccc2)n2ncc(C(=O)O)c2n1.COc1ncccc1Nc1cc(N(Cc2ccccc2)Cc2ccccc2)n2ncc(C(N)=O)c2n1.COc1ncccc1Nc1cc(N)n2ncc(C(N)=O)c2n1. The first-order valence-corrected chi connectivity index (χ1v) is 29.0. The van der Waals surface area contributed by atoms with Crippen LogP contribution in [0.5, 0.6) is 17.6 Å². The van der Waals surface area contributed by atoms with Crippen LogP contribution < -0.4 is 57.2 Å². The molecule has 4 aromatic carbocycles. The largest absolute Gasteiger partial charge is 0.480 e. The maximum atomic E-state index is 12.2. The molecule has 10 N–H and O–H groups in total. The standard InChI is InChI=1S/C27H25N7O2.C27H24N6O3.C13H13N7O2/c1-36-27-22(13-8-14-29-27)31-23-15-24(34-26(32-23)21(16-30-34)25(28)35)33(17-19-9-4-2-5-10-19)18-20-11-6-3-7-12-20;1-36-26-22(13-8-14-28-26)30-23-15-24(33-25(31-23)21(16-29-33)27(34)35)32(17-19-9-4-2-5-10-19)18-20-11-6-3-7-12-20;1-22-13-8(3-2-4-16-13)18-10-5-9(14)20-12(19-10)7(6-17-20)11(15)21/h2-16H,17-18H2,1H3,(H2,28,35)(H,31,32);2-16H,17-18H2,1H3,(H,30,31)(H,34,35);2-6H,14H2,1H3,(H2,15,21)(H,18,19). The maximum Gasteiger partial charge on any atom is 0.341 e. The Hall–Kier alpha value is -13.2. The van der Waals surface area contributed by atoms with Gasteiger partial charge in [0, 0.05) is 63.0 Å². The molecule has 0 aliphatic rings. The molecule has 2 amide bonds. The lowest BCUT2D eigenvalue weighted by Gasteiger charge is -2.26. The van der Waals surface area contributed by atoms with Crippen LogP contribution in [0.3, 0.4) is 0 Å². The van der Waals surface area contributed by atoms with Crippen molar-refractivity contribution in [3.8, 4) is 17.6 Å². The van der Waals surface area contributed by atoms with E-state index in [4.69, 9.17) is 31.4 Å². The van der Waals surface area contributed by atoms with Gasteiger partial charge in [-0.2, -0.15) is 28.8 Å². The van der Waals surface area contributed by atoms with Gasteiger partial charge in [-0.3, -0.25) is 9.59 Å². The average molecular weight is 1260 g/mol. The van der Waals surface area contributed by atoms with Crippen molar-refractivity contribution in [3.63, 3.8) is 0 Å². The Labute approximate surface area is 537 Å². The lowest BCUT2D eigenvalue weighted by atomic mass is 10.1. The Bertz CT molecular complexity index is 4460. The number of amides is 2. The molecule has 9 aromatic heterocycles. The topological polar surface area (TPSA) is 349 Å². The Morgan fingerprint density at radius 3 is 1.07 bits per heavy atom. The van der Waals surface area contributed by atoms with Crippen molar-refractivity contribution in [2.24, 2.45) is 11.5 Å². The van der Waals surface area contributed by atoms with Gasteiger partial charge in [-0.05, 0) is 58.7 Å². The monoisotopic (exact) mass is 1260 g/mol. The molecule has 0 aliphatic heterocycles. The van der Waals surface area contributed by atoms with E-state index in [9.17, 15) is 19.5 Å². The van der Waals surface area contributed by atoms with Crippen LogP contribution in [0.15, 0.2) is 213 Å². The molecule has 0 bridgehead atoms. The molecule has 0 saturated heterocycles. The number of benzene rings is 4. The van der Waals surface area contributed by atoms with Crippen LogP contribution in [-0.2, 0) is 26.2 Å². The van der Waals surface area contributed by atoms with Crippen LogP contribution in [0.1, 0.15) is 53.3 Å². The minimum atomic E-state index is -1.10. The summed E-state index contributed by atoms with van der Waals surface area (Å²) in [6.07, 6.45) is 8.99. The summed E-state index contributed by atoms with van der Waals surface area (Å²) in [6.45, 7) is 2.37. The first-order valence-electron chi connectivity index (χ1n) is 29.0. The van der Waals surface area contributed by atoms with E-state index in [0.29, 0.717) is 95.6 Å². The fraction of sp³-hybridized carbons (Fsp3) is 0.104. The Balaban J connectivity index is 0.000000148. The van der Waals surface area contributed by atoms with Crippen LogP contribution in [0.25, 0.3) is 16.9 Å². The highest BCUT2D eigenvalue weighted by atomic mass is 16.5. The lowest BCUT2D eigenvalue weighted by Crippen LogP contribution is -2.25. The van der Waals surface area contributed by atoms with E-state index < -0.39 is 17.8 Å². The highest BCUT2D eigenvalue weighted by Crippen LogP contribution is 2.33. The van der Waals surface area contributed by atoms with Crippen molar-refractivity contribution in [2.75, 3.05) is 52.8 Å². The van der Waals surface area contributed by atoms with Crippen LogP contribution in [0.2, 0.25) is 0 Å². The van der Waals surface area contributed by atoms with Crippen molar-refractivity contribution in [3.05, 3.63) is 252 Å². The van der Waals surface area contributed by atoms with Crippen molar-refractivity contribution in [1.82, 2.24) is 58.7 Å². The number of anilines is 9. The zero-order chi connectivity index (χ0) is 65.5. The molecule has 0 atom stereocenters. The second-order valence-electron chi connectivity index (χ2n) is 20.7. The van der Waals surface area contributed by atoms with E-state index in [-0.39, 0.29) is 28.0 Å². The van der Waals surface area contributed by atoms with Gasteiger partial charge < -0.3 is 62.3 Å². The molecule has 0 radical (unpaired) electrons. The molecule has 472 valence electrons. The number of carboxylic acids is 1. The van der Waals surface area contributed by atoms with E-state index in [2.05, 4.69) is 119 Å². The number of nitrogens with two attached hydrogens (primary N) is 3. The Morgan fingerprint density at radius 1 is 0.436 bits per heavy atom. The van der Waals surface area contributed by atoms with Gasteiger partial charge in [-0.15, -0.1) is 0 Å². The summed E-state index contributed by atoms with van der Waals surface area (Å²) in [6, 6.07) is 56.6. The smallest absolute Gasteiger partial charge is 0.341 e. The predicted molar refractivity (Wildman–Crippen MR) is 355 cm³/mol. The van der Waals surface area contributed by atoms with Gasteiger partial charge >= 0.3 is 5.97 Å². The molecule has 27 nitrogen and oxygen atoms in total. The van der Waals surface area contributed by atoms with E-state index in [1.807, 2.05) is 97.1 Å². The molecule has 0 spiro atoms. The number of nitrogens with zero attached hydrogens (tertiary/aromatic N) is 14. The molecular formula is C67H62N20O7. The molecule has 13 rings (SSSR count). The number of pyridine rings is 3. The molecule has 27 heteroatoms. The minimum absolute atomic E-state index is 0.0115. The number of nitrogens with one attached hydrogen (secondary N) is 3. The minimum Gasteiger partial charge on any atom is -0.480 e. The number of carbonyl (C=O) groups is 3. The number of carbonyl (C=O) groups excluding carboxylic acids is 2. The number of primary amides is 2. The summed E-state index contributed by atoms with van der Waals surface area (Å²) in [4.78, 5) is 66.0. The number of ether oxygens (including phenoxy) is 3. The van der Waals surface area contributed by atoms with Crippen LogP contribution >= 0.6 is 0 Å². The number of methoxy groups -OCH3 is 3. The molecule has 94 heavy (non-hydrogen) atoms. The summed E-state index contributed by atoms with van der Waals surface area (Å²) in [5.41, 5.74) is 24.5. The normalized spacial score (nSPS) is 10.8. The number of nitrogen functional groups attached to an aromatic ring is 1. The summed E-state index contributed by atoms with van der Waals surface area (Å²) < 4.78 is 20.5. The molecule has 9 heterocycles. The van der Waals surface area contributed by atoms with Gasteiger partial charge in [0.25, 0.3) is 11.8 Å². The maximum absolute atomic E-state index is 12.2. The van der Waals surface area contributed by atoms with Gasteiger partial charge in [-0.25, -0.2) is 34.7 Å². The van der Waals surface area contributed by atoms with Crippen molar-refractivity contribution < 1.29 is 33.7 Å². The van der Waals surface area contributed by atoms with Gasteiger partial charge in [0.05, 0.1) is 39.9 Å².